The van der Waals surface area contributed by atoms with Crippen molar-refractivity contribution in [3.8, 4) is 17.2 Å². The Morgan fingerprint density at radius 1 is 1.02 bits per heavy atom. The third kappa shape index (κ3) is 7.89. The highest BCUT2D eigenvalue weighted by atomic mass is 16.5. The van der Waals surface area contributed by atoms with Gasteiger partial charge in [0, 0.05) is 51.9 Å². The molecule has 0 spiro atoms. The van der Waals surface area contributed by atoms with E-state index in [9.17, 15) is 9.59 Å². The van der Waals surface area contributed by atoms with E-state index in [2.05, 4.69) is 19.8 Å². The number of imidazole rings is 1. The van der Waals surface area contributed by atoms with Crippen molar-refractivity contribution in [3.05, 3.63) is 71.8 Å². The van der Waals surface area contributed by atoms with Crippen LogP contribution in [0.3, 0.4) is 0 Å². The molecule has 1 N–H and O–H groups in total. The summed E-state index contributed by atoms with van der Waals surface area (Å²) in [6, 6.07) is 13.8. The van der Waals surface area contributed by atoms with Crippen LogP contribution in [-0.2, 0) is 38.6 Å². The zero-order valence-corrected chi connectivity index (χ0v) is 26.9. The molecule has 1 aliphatic carbocycles. The first kappa shape index (κ1) is 32.0. The van der Waals surface area contributed by atoms with Crippen molar-refractivity contribution in [3.63, 3.8) is 0 Å². The fourth-order valence-corrected chi connectivity index (χ4v) is 6.80. The van der Waals surface area contributed by atoms with Crippen molar-refractivity contribution in [2.24, 2.45) is 0 Å². The third-order valence-electron chi connectivity index (χ3n) is 9.24. The van der Waals surface area contributed by atoms with Crippen LogP contribution in [0.25, 0.3) is 0 Å². The minimum atomic E-state index is -0.241. The van der Waals surface area contributed by atoms with Crippen molar-refractivity contribution in [1.82, 2.24) is 24.7 Å². The summed E-state index contributed by atoms with van der Waals surface area (Å²) in [6.45, 7) is 3.01. The van der Waals surface area contributed by atoms with Gasteiger partial charge in [-0.05, 0) is 54.7 Å². The van der Waals surface area contributed by atoms with Crippen LogP contribution in [0.1, 0.15) is 55.0 Å². The van der Waals surface area contributed by atoms with Gasteiger partial charge >= 0.3 is 0 Å². The lowest BCUT2D eigenvalue weighted by Gasteiger charge is -2.25. The van der Waals surface area contributed by atoms with Crippen LogP contribution >= 0.6 is 0 Å². The third-order valence-corrected chi connectivity index (χ3v) is 9.24. The molecule has 3 heterocycles. The van der Waals surface area contributed by atoms with Crippen LogP contribution in [0.2, 0.25) is 0 Å². The normalized spacial score (nSPS) is 21.7. The minimum absolute atomic E-state index is 0.0428. The standard InChI is InChI=1S/C35H45N5O6/c1-43-15-14-39-22-34(41)37-30-20-38(19-28-18-36-24-40(28)27-7-3-4-8-27)21-33(30)45-23-26-6-5-9-29(16-26)46-32-17-25(11-13-35(39)42)10-12-31(32)44-2/h5-6,9-10,12,16-18,24,27,30,33H,3-4,7-8,11,13-15,19-23H2,1-2H3,(H,37,41)/t30-,33-/m0/s1. The Balaban J connectivity index is 1.24. The van der Waals surface area contributed by atoms with E-state index in [-0.39, 0.29) is 36.9 Å². The maximum absolute atomic E-state index is 13.5. The Labute approximate surface area is 270 Å². The highest BCUT2D eigenvalue weighted by Crippen LogP contribution is 2.34. The zero-order valence-electron chi connectivity index (χ0n) is 26.9. The molecule has 246 valence electrons. The van der Waals surface area contributed by atoms with Gasteiger partial charge in [0.2, 0.25) is 11.8 Å². The SMILES string of the molecule is COCCN1CC(=O)N[C@H]2CN(Cc3cncn3C3CCCC3)C[C@@H]2OCc2cccc(c2)Oc2cc(ccc2OC)CCC1=O. The van der Waals surface area contributed by atoms with Gasteiger partial charge in [-0.15, -0.1) is 0 Å². The number of nitrogens with one attached hydrogen (secondary N) is 1. The van der Waals surface area contributed by atoms with Crippen LogP contribution in [0.5, 0.6) is 17.2 Å². The lowest BCUT2D eigenvalue weighted by molar-refractivity contribution is -0.137. The maximum Gasteiger partial charge on any atom is 0.239 e. The quantitative estimate of drug-likeness (QED) is 0.416. The smallest absolute Gasteiger partial charge is 0.239 e. The molecule has 46 heavy (non-hydrogen) atoms. The second kappa shape index (κ2) is 15.1. The fourth-order valence-electron chi connectivity index (χ4n) is 6.80. The molecule has 1 saturated heterocycles. The molecule has 1 saturated carbocycles. The van der Waals surface area contributed by atoms with Crippen molar-refractivity contribution in [1.29, 1.82) is 0 Å². The first-order chi connectivity index (χ1) is 22.5. The number of ether oxygens (including phenoxy) is 4. The van der Waals surface area contributed by atoms with Gasteiger partial charge in [0.25, 0.3) is 0 Å². The van der Waals surface area contributed by atoms with Gasteiger partial charge < -0.3 is 33.7 Å². The van der Waals surface area contributed by atoms with E-state index in [0.717, 1.165) is 17.7 Å². The Bertz CT molecular complexity index is 1490. The summed E-state index contributed by atoms with van der Waals surface area (Å²) in [5, 5.41) is 3.21. The molecular formula is C35H45N5O6. The van der Waals surface area contributed by atoms with E-state index >= 15 is 0 Å². The number of hydrogen-bond donors (Lipinski definition) is 1. The average Bonchev–Trinajstić information content (AvgIpc) is 3.83. The highest BCUT2D eigenvalue weighted by Gasteiger charge is 2.36. The van der Waals surface area contributed by atoms with Gasteiger partial charge in [-0.25, -0.2) is 4.98 Å². The number of fused-ring (bicyclic) bond motifs is 5. The summed E-state index contributed by atoms with van der Waals surface area (Å²) in [6.07, 6.45) is 9.30. The molecular weight excluding hydrogens is 586 g/mol. The second-order valence-corrected chi connectivity index (χ2v) is 12.5. The topological polar surface area (TPSA) is 107 Å². The summed E-state index contributed by atoms with van der Waals surface area (Å²) in [7, 11) is 3.20. The average molecular weight is 632 g/mol. The number of likely N-dealkylation sites (tertiary alicyclic amines) is 1. The van der Waals surface area contributed by atoms with Crippen LogP contribution < -0.4 is 14.8 Å². The van der Waals surface area contributed by atoms with Crippen LogP contribution in [0.4, 0.5) is 0 Å². The van der Waals surface area contributed by atoms with E-state index in [1.54, 1.807) is 19.1 Å². The molecule has 2 aromatic carbocycles. The van der Waals surface area contributed by atoms with Crippen LogP contribution in [0, 0.1) is 0 Å². The molecule has 2 atom stereocenters. The number of benzene rings is 2. The molecule has 3 aliphatic rings. The number of nitrogens with zero attached hydrogens (tertiary/aromatic N) is 4. The molecule has 11 nitrogen and oxygen atoms in total. The lowest BCUT2D eigenvalue weighted by Crippen LogP contribution is -2.49. The van der Waals surface area contributed by atoms with E-state index in [4.69, 9.17) is 18.9 Å². The predicted molar refractivity (Wildman–Crippen MR) is 172 cm³/mol. The van der Waals surface area contributed by atoms with Crippen molar-refractivity contribution < 1.29 is 28.5 Å². The van der Waals surface area contributed by atoms with E-state index in [1.165, 1.54) is 31.4 Å². The molecule has 4 bridgehead atoms. The Kier molecular flexibility index (Phi) is 10.5. The Morgan fingerprint density at radius 3 is 2.72 bits per heavy atom. The predicted octanol–water partition coefficient (Wildman–Crippen LogP) is 4.11. The first-order valence-corrected chi connectivity index (χ1v) is 16.3. The van der Waals surface area contributed by atoms with Gasteiger partial charge in [0.05, 0.1) is 51.0 Å². The second-order valence-electron chi connectivity index (χ2n) is 12.5. The molecule has 0 unspecified atom stereocenters. The summed E-state index contributed by atoms with van der Waals surface area (Å²) >= 11 is 0. The molecule has 2 aliphatic heterocycles. The van der Waals surface area contributed by atoms with Crippen LogP contribution in [0.15, 0.2) is 55.0 Å². The van der Waals surface area contributed by atoms with Crippen molar-refractivity contribution >= 4 is 11.8 Å². The Morgan fingerprint density at radius 2 is 1.89 bits per heavy atom. The van der Waals surface area contributed by atoms with Gasteiger partial charge in [-0.2, -0.15) is 0 Å². The highest BCUT2D eigenvalue weighted by molar-refractivity contribution is 5.85. The Hall–Kier alpha value is -3.93. The van der Waals surface area contributed by atoms with Gasteiger partial charge in [-0.3, -0.25) is 14.5 Å². The number of carbonyl (C=O) groups excluding carboxylic acids is 2. The molecule has 3 aromatic rings. The molecule has 2 fully saturated rings. The van der Waals surface area contributed by atoms with Gasteiger partial charge in [0.1, 0.15) is 5.75 Å². The number of aromatic nitrogens is 2. The molecule has 1 aromatic heterocycles. The zero-order chi connectivity index (χ0) is 31.9. The van der Waals surface area contributed by atoms with Gasteiger partial charge in [0.15, 0.2) is 11.5 Å². The first-order valence-electron chi connectivity index (χ1n) is 16.3. The summed E-state index contributed by atoms with van der Waals surface area (Å²) in [5.41, 5.74) is 3.08. The number of rotatable bonds is 7. The summed E-state index contributed by atoms with van der Waals surface area (Å²) in [5.74, 6) is 1.53. The molecule has 11 heteroatoms. The minimum Gasteiger partial charge on any atom is -0.493 e. The molecule has 2 amide bonds. The lowest BCUT2D eigenvalue weighted by atomic mass is 10.1. The number of hydrogen-bond acceptors (Lipinski definition) is 8. The van der Waals surface area contributed by atoms with Crippen molar-refractivity contribution in [2.75, 3.05) is 47.0 Å². The number of aryl methyl sites for hydroxylation is 1. The van der Waals surface area contributed by atoms with E-state index in [0.29, 0.717) is 62.6 Å². The largest absolute Gasteiger partial charge is 0.493 e. The van der Waals surface area contributed by atoms with E-state index in [1.807, 2.05) is 55.0 Å². The number of amides is 2. The van der Waals surface area contributed by atoms with Crippen molar-refractivity contribution in [2.45, 2.75) is 69.9 Å². The molecule has 6 rings (SSSR count). The van der Waals surface area contributed by atoms with Gasteiger partial charge in [-0.1, -0.05) is 31.0 Å². The summed E-state index contributed by atoms with van der Waals surface area (Å²) in [4.78, 5) is 35.2. The fraction of sp³-hybridized carbons (Fsp3) is 0.514. The van der Waals surface area contributed by atoms with E-state index < -0.39 is 0 Å². The number of carbonyl (C=O) groups is 2. The number of methoxy groups -OCH3 is 2. The molecule has 0 radical (unpaired) electrons. The summed E-state index contributed by atoms with van der Waals surface area (Å²) < 4.78 is 26.0. The maximum atomic E-state index is 13.5. The monoisotopic (exact) mass is 631 g/mol. The van der Waals surface area contributed by atoms with Crippen LogP contribution in [-0.4, -0.2) is 90.3 Å².